The van der Waals surface area contributed by atoms with Crippen molar-refractivity contribution >= 4 is 15.9 Å². The van der Waals surface area contributed by atoms with Gasteiger partial charge in [0.25, 0.3) is 5.91 Å². The SMILES string of the molecule is COc1cccc(OCC(=O)NCCS(=O)(=O)N2CCc3cc(OC)ccc3C2)c1. The predicted molar refractivity (Wildman–Crippen MR) is 112 cm³/mol. The normalized spacial score (nSPS) is 13.9. The number of sulfonamides is 1. The topological polar surface area (TPSA) is 94.2 Å². The third-order valence-corrected chi connectivity index (χ3v) is 6.70. The molecule has 0 saturated carbocycles. The summed E-state index contributed by atoms with van der Waals surface area (Å²) in [5.74, 6) is 1.35. The lowest BCUT2D eigenvalue weighted by Crippen LogP contribution is -2.41. The Kier molecular flexibility index (Phi) is 7.17. The van der Waals surface area contributed by atoms with Gasteiger partial charge in [0.05, 0.1) is 20.0 Å². The Hall–Kier alpha value is -2.78. The highest BCUT2D eigenvalue weighted by atomic mass is 32.2. The van der Waals surface area contributed by atoms with E-state index in [2.05, 4.69) is 5.32 Å². The van der Waals surface area contributed by atoms with Gasteiger partial charge in [-0.2, -0.15) is 4.31 Å². The van der Waals surface area contributed by atoms with E-state index < -0.39 is 10.0 Å². The van der Waals surface area contributed by atoms with E-state index in [9.17, 15) is 13.2 Å². The third-order valence-electron chi connectivity index (χ3n) is 4.88. The molecule has 1 heterocycles. The summed E-state index contributed by atoms with van der Waals surface area (Å²) in [4.78, 5) is 12.0. The van der Waals surface area contributed by atoms with Crippen molar-refractivity contribution in [3.63, 3.8) is 0 Å². The van der Waals surface area contributed by atoms with Crippen LogP contribution in [0, 0.1) is 0 Å². The molecule has 0 unspecified atom stereocenters. The number of methoxy groups -OCH3 is 2. The standard InChI is InChI=1S/C21H26N2O6S/c1-27-18-4-3-5-20(13-18)29-15-21(24)22-9-11-30(25,26)23-10-8-16-12-19(28-2)7-6-17(16)14-23/h3-7,12-13H,8-11,14-15H2,1-2H3,(H,22,24). The van der Waals surface area contributed by atoms with E-state index >= 15 is 0 Å². The highest BCUT2D eigenvalue weighted by molar-refractivity contribution is 7.89. The minimum absolute atomic E-state index is 0.0224. The summed E-state index contributed by atoms with van der Waals surface area (Å²) in [5, 5.41) is 2.59. The summed E-state index contributed by atoms with van der Waals surface area (Å²) in [7, 11) is -0.329. The minimum Gasteiger partial charge on any atom is -0.497 e. The maximum Gasteiger partial charge on any atom is 0.257 e. The fourth-order valence-electron chi connectivity index (χ4n) is 3.21. The Balaban J connectivity index is 1.46. The molecule has 1 aliphatic heterocycles. The predicted octanol–water partition coefficient (Wildman–Crippen LogP) is 1.59. The zero-order valence-electron chi connectivity index (χ0n) is 17.1. The number of hydrogen-bond acceptors (Lipinski definition) is 6. The van der Waals surface area contributed by atoms with E-state index in [1.807, 2.05) is 18.2 Å². The second-order valence-corrected chi connectivity index (χ2v) is 8.94. The average Bonchev–Trinajstić information content (AvgIpc) is 2.77. The molecule has 162 valence electrons. The van der Waals surface area contributed by atoms with Gasteiger partial charge in [0.1, 0.15) is 17.2 Å². The fourth-order valence-corrected chi connectivity index (χ4v) is 4.53. The largest absolute Gasteiger partial charge is 0.497 e. The molecule has 1 amide bonds. The average molecular weight is 435 g/mol. The highest BCUT2D eigenvalue weighted by Crippen LogP contribution is 2.25. The summed E-state index contributed by atoms with van der Waals surface area (Å²) in [6, 6.07) is 12.6. The molecule has 0 atom stereocenters. The first-order valence-electron chi connectivity index (χ1n) is 9.58. The molecule has 9 heteroatoms. The van der Waals surface area contributed by atoms with Gasteiger partial charge in [-0.1, -0.05) is 12.1 Å². The molecule has 0 aliphatic carbocycles. The summed E-state index contributed by atoms with van der Waals surface area (Å²) < 4.78 is 42.5. The lowest BCUT2D eigenvalue weighted by molar-refractivity contribution is -0.122. The molecule has 1 aliphatic rings. The van der Waals surface area contributed by atoms with Gasteiger partial charge in [0.2, 0.25) is 10.0 Å². The molecule has 0 aromatic heterocycles. The van der Waals surface area contributed by atoms with Gasteiger partial charge in [0.15, 0.2) is 6.61 Å². The molecule has 0 fully saturated rings. The maximum atomic E-state index is 12.7. The van der Waals surface area contributed by atoms with Crippen LogP contribution in [0.1, 0.15) is 11.1 Å². The first-order valence-corrected chi connectivity index (χ1v) is 11.2. The molecule has 0 spiro atoms. The van der Waals surface area contributed by atoms with Gasteiger partial charge >= 0.3 is 0 Å². The second-order valence-electron chi connectivity index (χ2n) is 6.85. The van der Waals surface area contributed by atoms with E-state index in [0.717, 1.165) is 16.9 Å². The van der Waals surface area contributed by atoms with Gasteiger partial charge < -0.3 is 19.5 Å². The van der Waals surface area contributed by atoms with Crippen LogP contribution >= 0.6 is 0 Å². The number of fused-ring (bicyclic) bond motifs is 1. The van der Waals surface area contributed by atoms with Crippen molar-refractivity contribution in [3.05, 3.63) is 53.6 Å². The van der Waals surface area contributed by atoms with Crippen LogP contribution in [0.15, 0.2) is 42.5 Å². The van der Waals surface area contributed by atoms with Crippen LogP contribution in [0.3, 0.4) is 0 Å². The first-order chi connectivity index (χ1) is 14.4. The van der Waals surface area contributed by atoms with Crippen LogP contribution in [-0.2, 0) is 27.8 Å². The van der Waals surface area contributed by atoms with Crippen LogP contribution in [0.5, 0.6) is 17.2 Å². The van der Waals surface area contributed by atoms with Crippen LogP contribution in [0.25, 0.3) is 0 Å². The molecule has 1 N–H and O–H groups in total. The molecule has 0 radical (unpaired) electrons. The third kappa shape index (κ3) is 5.64. The lowest BCUT2D eigenvalue weighted by Gasteiger charge is -2.28. The van der Waals surface area contributed by atoms with Crippen molar-refractivity contribution in [1.29, 1.82) is 0 Å². The zero-order valence-corrected chi connectivity index (χ0v) is 17.9. The summed E-state index contributed by atoms with van der Waals surface area (Å²) >= 11 is 0. The van der Waals surface area contributed by atoms with Gasteiger partial charge in [-0.15, -0.1) is 0 Å². The van der Waals surface area contributed by atoms with Crippen molar-refractivity contribution in [2.24, 2.45) is 0 Å². The number of amides is 1. The Labute approximate surface area is 176 Å². The molecule has 30 heavy (non-hydrogen) atoms. The molecular formula is C21H26N2O6S. The highest BCUT2D eigenvalue weighted by Gasteiger charge is 2.26. The molecular weight excluding hydrogens is 408 g/mol. The Morgan fingerprint density at radius 2 is 1.77 bits per heavy atom. The van der Waals surface area contributed by atoms with Gasteiger partial charge in [-0.25, -0.2) is 8.42 Å². The van der Waals surface area contributed by atoms with Crippen LogP contribution in [-0.4, -0.2) is 58.3 Å². The number of benzene rings is 2. The van der Waals surface area contributed by atoms with E-state index in [-0.39, 0.29) is 24.8 Å². The van der Waals surface area contributed by atoms with E-state index in [0.29, 0.717) is 31.0 Å². The Morgan fingerprint density at radius 1 is 1.03 bits per heavy atom. The van der Waals surface area contributed by atoms with E-state index in [1.54, 1.807) is 38.5 Å². The molecule has 0 saturated heterocycles. The molecule has 0 bridgehead atoms. The second kappa shape index (κ2) is 9.82. The number of nitrogens with zero attached hydrogens (tertiary/aromatic N) is 1. The van der Waals surface area contributed by atoms with Crippen molar-refractivity contribution in [2.75, 3.05) is 39.7 Å². The van der Waals surface area contributed by atoms with Crippen LogP contribution < -0.4 is 19.5 Å². The summed E-state index contributed by atoms with van der Waals surface area (Å²) in [6.45, 7) is 0.560. The molecule has 8 nitrogen and oxygen atoms in total. The quantitative estimate of drug-likeness (QED) is 0.644. The maximum absolute atomic E-state index is 12.7. The summed E-state index contributed by atoms with van der Waals surface area (Å²) in [5.41, 5.74) is 2.07. The molecule has 2 aromatic rings. The Bertz CT molecular complexity index is 993. The molecule has 2 aromatic carbocycles. The van der Waals surface area contributed by atoms with Gasteiger partial charge in [-0.05, 0) is 41.8 Å². The van der Waals surface area contributed by atoms with Crippen molar-refractivity contribution in [1.82, 2.24) is 9.62 Å². The van der Waals surface area contributed by atoms with Crippen molar-refractivity contribution in [3.8, 4) is 17.2 Å². The van der Waals surface area contributed by atoms with E-state index in [1.165, 1.54) is 4.31 Å². The lowest BCUT2D eigenvalue weighted by atomic mass is 10.0. The van der Waals surface area contributed by atoms with Crippen LogP contribution in [0.2, 0.25) is 0 Å². The number of carbonyl (C=O) groups is 1. The zero-order chi connectivity index (χ0) is 21.6. The minimum atomic E-state index is -3.48. The van der Waals surface area contributed by atoms with Gasteiger partial charge in [0, 0.05) is 25.7 Å². The van der Waals surface area contributed by atoms with Crippen molar-refractivity contribution in [2.45, 2.75) is 13.0 Å². The molecule has 3 rings (SSSR count). The summed E-state index contributed by atoms with van der Waals surface area (Å²) in [6.07, 6.45) is 0.631. The number of carbonyl (C=O) groups excluding carboxylic acids is 1. The van der Waals surface area contributed by atoms with E-state index in [4.69, 9.17) is 14.2 Å². The van der Waals surface area contributed by atoms with Gasteiger partial charge in [-0.3, -0.25) is 4.79 Å². The Morgan fingerprint density at radius 3 is 2.53 bits per heavy atom. The number of ether oxygens (including phenoxy) is 3. The number of hydrogen-bond donors (Lipinski definition) is 1. The first kappa shape index (κ1) is 21.9. The fraction of sp³-hybridized carbons (Fsp3) is 0.381. The van der Waals surface area contributed by atoms with Crippen LogP contribution in [0.4, 0.5) is 0 Å². The van der Waals surface area contributed by atoms with Crippen molar-refractivity contribution < 1.29 is 27.4 Å². The smallest absolute Gasteiger partial charge is 0.257 e. The number of nitrogens with one attached hydrogen (secondary N) is 1. The monoisotopic (exact) mass is 434 g/mol. The number of rotatable bonds is 9.